The van der Waals surface area contributed by atoms with Gasteiger partial charge in [0.05, 0.1) is 19.7 Å². The highest BCUT2D eigenvalue weighted by Crippen LogP contribution is 2.25. The predicted molar refractivity (Wildman–Crippen MR) is 67.8 cm³/mol. The molecular weight excluding hydrogens is 252 g/mol. The molecule has 0 spiro atoms. The van der Waals surface area contributed by atoms with Crippen molar-refractivity contribution in [3.63, 3.8) is 0 Å². The summed E-state index contributed by atoms with van der Waals surface area (Å²) >= 11 is 0. The molecule has 0 aromatic heterocycles. The molecule has 2 amide bonds. The van der Waals surface area contributed by atoms with E-state index in [1.54, 1.807) is 17.9 Å². The van der Waals surface area contributed by atoms with Gasteiger partial charge in [-0.15, -0.1) is 6.58 Å². The van der Waals surface area contributed by atoms with E-state index in [2.05, 4.69) is 6.58 Å². The van der Waals surface area contributed by atoms with Crippen LogP contribution in [0.5, 0.6) is 0 Å². The largest absolute Gasteiger partial charge is 0.480 e. The maximum atomic E-state index is 12.1. The molecule has 0 aromatic rings. The highest BCUT2D eigenvalue weighted by atomic mass is 16.5. The molecule has 0 radical (unpaired) electrons. The Morgan fingerprint density at radius 2 is 2.16 bits per heavy atom. The zero-order chi connectivity index (χ0) is 14.5. The summed E-state index contributed by atoms with van der Waals surface area (Å²) in [4.78, 5) is 25.5. The smallest absolute Gasteiger partial charge is 0.329 e. The minimum atomic E-state index is -1.03. The lowest BCUT2D eigenvalue weighted by Gasteiger charge is -2.48. The molecule has 1 fully saturated rings. The number of nitrogens with zero attached hydrogens (tertiary/aromatic N) is 2. The van der Waals surface area contributed by atoms with Crippen LogP contribution in [-0.4, -0.2) is 77.0 Å². The van der Waals surface area contributed by atoms with Crippen LogP contribution >= 0.6 is 0 Å². The van der Waals surface area contributed by atoms with Crippen LogP contribution in [0.4, 0.5) is 4.79 Å². The van der Waals surface area contributed by atoms with Gasteiger partial charge < -0.3 is 24.7 Å². The number of hydrogen-bond acceptors (Lipinski definition) is 4. The summed E-state index contributed by atoms with van der Waals surface area (Å²) in [5, 5.41) is 17.4. The van der Waals surface area contributed by atoms with Crippen molar-refractivity contribution in [1.29, 1.82) is 0 Å². The number of carbonyl (C=O) groups excluding carboxylic acids is 1. The Hall–Kier alpha value is -1.60. The molecule has 1 saturated heterocycles. The number of carbonyl (C=O) groups is 2. The number of aliphatic carboxylic acids is 1. The summed E-state index contributed by atoms with van der Waals surface area (Å²) in [5.41, 5.74) is -0.604. The molecule has 0 aromatic carbocycles. The van der Waals surface area contributed by atoms with Crippen molar-refractivity contribution in [3.05, 3.63) is 12.7 Å². The second kappa shape index (κ2) is 6.53. The zero-order valence-electron chi connectivity index (χ0n) is 11.0. The number of urea groups is 1. The lowest BCUT2D eigenvalue weighted by molar-refractivity contribution is -0.160. The molecule has 1 aliphatic rings. The summed E-state index contributed by atoms with van der Waals surface area (Å²) in [6, 6.07) is -0.203. The third-order valence-electron chi connectivity index (χ3n) is 2.86. The average Bonchev–Trinajstić information content (AvgIpc) is 2.32. The highest BCUT2D eigenvalue weighted by molar-refractivity contribution is 5.76. The predicted octanol–water partition coefficient (Wildman–Crippen LogP) is -0.238. The number of hydrogen-bond donors (Lipinski definition) is 2. The number of likely N-dealkylation sites (tertiary alicyclic amines) is 1. The maximum absolute atomic E-state index is 12.1. The minimum Gasteiger partial charge on any atom is -0.480 e. The zero-order valence-corrected chi connectivity index (χ0v) is 11.0. The van der Waals surface area contributed by atoms with E-state index in [-0.39, 0.29) is 25.8 Å². The summed E-state index contributed by atoms with van der Waals surface area (Å²) in [7, 11) is 0. The van der Waals surface area contributed by atoms with E-state index < -0.39 is 11.6 Å². The summed E-state index contributed by atoms with van der Waals surface area (Å²) in [5.74, 6) is -1.03. The van der Waals surface area contributed by atoms with Gasteiger partial charge in [-0.05, 0) is 6.92 Å². The van der Waals surface area contributed by atoms with Gasteiger partial charge in [-0.25, -0.2) is 9.59 Å². The molecule has 2 N–H and O–H groups in total. The van der Waals surface area contributed by atoms with Crippen LogP contribution in [-0.2, 0) is 9.53 Å². The van der Waals surface area contributed by atoms with Crippen LogP contribution < -0.4 is 0 Å². The summed E-state index contributed by atoms with van der Waals surface area (Å²) in [6.45, 7) is 6.15. The Morgan fingerprint density at radius 3 is 2.63 bits per heavy atom. The first-order valence-corrected chi connectivity index (χ1v) is 6.03. The van der Waals surface area contributed by atoms with E-state index in [9.17, 15) is 9.59 Å². The van der Waals surface area contributed by atoms with Crippen molar-refractivity contribution in [2.75, 3.05) is 39.4 Å². The van der Waals surface area contributed by atoms with Crippen LogP contribution in [0.2, 0.25) is 0 Å². The maximum Gasteiger partial charge on any atom is 0.329 e. The Balaban J connectivity index is 2.45. The Morgan fingerprint density at radius 1 is 1.53 bits per heavy atom. The van der Waals surface area contributed by atoms with Gasteiger partial charge in [0.2, 0.25) is 0 Å². The van der Waals surface area contributed by atoms with Crippen molar-refractivity contribution < 1.29 is 24.5 Å². The second-order valence-electron chi connectivity index (χ2n) is 4.73. The highest BCUT2D eigenvalue weighted by Gasteiger charge is 2.43. The third-order valence-corrected chi connectivity index (χ3v) is 2.86. The van der Waals surface area contributed by atoms with Gasteiger partial charge in [0.15, 0.2) is 0 Å². The van der Waals surface area contributed by atoms with Crippen LogP contribution in [0.15, 0.2) is 12.7 Å². The van der Waals surface area contributed by atoms with Crippen LogP contribution in [0, 0.1) is 0 Å². The van der Waals surface area contributed by atoms with Gasteiger partial charge in [0, 0.05) is 13.1 Å². The van der Waals surface area contributed by atoms with Gasteiger partial charge in [-0.3, -0.25) is 0 Å². The van der Waals surface area contributed by atoms with E-state index in [0.29, 0.717) is 19.6 Å². The van der Waals surface area contributed by atoms with Gasteiger partial charge in [0.1, 0.15) is 12.2 Å². The van der Waals surface area contributed by atoms with Gasteiger partial charge in [-0.2, -0.15) is 0 Å². The number of carboxylic acid groups (broad SMARTS) is 1. The molecule has 7 nitrogen and oxygen atoms in total. The van der Waals surface area contributed by atoms with E-state index in [1.165, 1.54) is 4.90 Å². The van der Waals surface area contributed by atoms with E-state index in [0.717, 1.165) is 0 Å². The quantitative estimate of drug-likeness (QED) is 0.624. The fourth-order valence-corrected chi connectivity index (χ4v) is 1.97. The van der Waals surface area contributed by atoms with Crippen molar-refractivity contribution in [1.82, 2.24) is 9.80 Å². The summed E-state index contributed by atoms with van der Waals surface area (Å²) < 4.78 is 5.23. The molecule has 0 aliphatic carbocycles. The fraction of sp³-hybridized carbons (Fsp3) is 0.667. The van der Waals surface area contributed by atoms with Crippen LogP contribution in [0.25, 0.3) is 0 Å². The Labute approximate surface area is 112 Å². The molecule has 0 unspecified atom stereocenters. The molecular formula is C12H20N2O5. The molecule has 0 bridgehead atoms. The normalized spacial score (nSPS) is 16.6. The molecule has 1 aliphatic heterocycles. The van der Waals surface area contributed by atoms with E-state index in [4.69, 9.17) is 14.9 Å². The molecule has 1 rings (SSSR count). The molecule has 7 heteroatoms. The van der Waals surface area contributed by atoms with Crippen LogP contribution in [0.3, 0.4) is 0 Å². The van der Waals surface area contributed by atoms with Crippen molar-refractivity contribution in [2.45, 2.75) is 12.5 Å². The lowest BCUT2D eigenvalue weighted by Crippen LogP contribution is -2.65. The second-order valence-corrected chi connectivity index (χ2v) is 4.73. The average molecular weight is 272 g/mol. The summed E-state index contributed by atoms with van der Waals surface area (Å²) in [6.07, 6.45) is 1.59. The monoisotopic (exact) mass is 272 g/mol. The Kier molecular flexibility index (Phi) is 5.31. The first kappa shape index (κ1) is 15.5. The van der Waals surface area contributed by atoms with Crippen molar-refractivity contribution in [3.8, 4) is 0 Å². The standard InChI is InChI=1S/C12H20N2O5/c1-3-4-13(5-6-15)11(18)14-8-12(2,9-14)19-7-10(16)17/h3,15H,1,4-9H2,2H3,(H,16,17). The number of ether oxygens (including phenoxy) is 1. The Bertz CT molecular complexity index is 352. The number of rotatable bonds is 7. The van der Waals surface area contributed by atoms with E-state index >= 15 is 0 Å². The molecule has 0 saturated carbocycles. The van der Waals surface area contributed by atoms with Gasteiger partial charge >= 0.3 is 12.0 Å². The molecule has 1 heterocycles. The first-order valence-electron chi connectivity index (χ1n) is 6.03. The lowest BCUT2D eigenvalue weighted by atomic mass is 9.97. The van der Waals surface area contributed by atoms with Gasteiger partial charge in [0.25, 0.3) is 0 Å². The number of aliphatic hydroxyl groups is 1. The third kappa shape index (κ3) is 4.22. The van der Waals surface area contributed by atoms with Crippen molar-refractivity contribution in [2.24, 2.45) is 0 Å². The van der Waals surface area contributed by atoms with Crippen LogP contribution in [0.1, 0.15) is 6.92 Å². The minimum absolute atomic E-state index is 0.111. The van der Waals surface area contributed by atoms with E-state index in [1.807, 2.05) is 0 Å². The van der Waals surface area contributed by atoms with Gasteiger partial charge in [-0.1, -0.05) is 6.08 Å². The number of amides is 2. The SMILES string of the molecule is C=CCN(CCO)C(=O)N1CC(C)(OCC(=O)O)C1. The number of carboxylic acids is 1. The molecule has 108 valence electrons. The molecule has 19 heavy (non-hydrogen) atoms. The number of aliphatic hydroxyl groups excluding tert-OH is 1. The topological polar surface area (TPSA) is 90.3 Å². The first-order chi connectivity index (χ1) is 8.91. The fourth-order valence-electron chi connectivity index (χ4n) is 1.97. The van der Waals surface area contributed by atoms with Crippen molar-refractivity contribution >= 4 is 12.0 Å². The molecule has 0 atom stereocenters.